The predicted octanol–water partition coefficient (Wildman–Crippen LogP) is 3.53. The van der Waals surface area contributed by atoms with E-state index in [4.69, 9.17) is 0 Å². The largest absolute Gasteiger partial charge is 0.303 e. The van der Waals surface area contributed by atoms with Crippen LogP contribution >= 0.6 is 23.1 Å². The Morgan fingerprint density at radius 3 is 3.11 bits per heavy atom. The molecule has 0 bridgehead atoms. The Hall–Kier alpha value is -0.840. The molecule has 1 aliphatic heterocycles. The minimum absolute atomic E-state index is 0.462. The van der Waals surface area contributed by atoms with Crippen LogP contribution in [0.5, 0.6) is 0 Å². The summed E-state index contributed by atoms with van der Waals surface area (Å²) in [6.07, 6.45) is 1.95. The zero-order valence-electron chi connectivity index (χ0n) is 10.3. The van der Waals surface area contributed by atoms with Crippen molar-refractivity contribution in [3.05, 3.63) is 51.5 Å². The molecule has 0 saturated heterocycles. The van der Waals surface area contributed by atoms with Crippen LogP contribution in [0.3, 0.4) is 0 Å². The molecule has 0 amide bonds. The molecule has 1 N–H and O–H groups in total. The fraction of sp³-hybridized carbons (Fsp3) is 0.357. The molecule has 0 saturated carbocycles. The molecule has 4 heteroatoms. The summed E-state index contributed by atoms with van der Waals surface area (Å²) in [5.41, 5.74) is 2.94. The van der Waals surface area contributed by atoms with Gasteiger partial charge in [0.25, 0.3) is 0 Å². The van der Waals surface area contributed by atoms with Crippen LogP contribution < -0.4 is 5.32 Å². The zero-order valence-corrected chi connectivity index (χ0v) is 12.0. The molecule has 2 aromatic rings. The van der Waals surface area contributed by atoms with Crippen molar-refractivity contribution in [1.29, 1.82) is 0 Å². The lowest BCUT2D eigenvalue weighted by Crippen LogP contribution is -2.26. The third-order valence-corrected chi connectivity index (χ3v) is 5.14. The van der Waals surface area contributed by atoms with Gasteiger partial charge in [-0.25, -0.2) is 4.98 Å². The van der Waals surface area contributed by atoms with Crippen molar-refractivity contribution in [3.8, 4) is 0 Å². The molecule has 18 heavy (non-hydrogen) atoms. The SMILES string of the molecule is Cc1cnc(CNC2CSCc3ccccc32)s1. The van der Waals surface area contributed by atoms with Crippen LogP contribution in [0.15, 0.2) is 30.5 Å². The minimum Gasteiger partial charge on any atom is -0.303 e. The summed E-state index contributed by atoms with van der Waals surface area (Å²) in [6, 6.07) is 9.22. The fourth-order valence-corrected chi connectivity index (χ4v) is 4.12. The first-order valence-corrected chi connectivity index (χ1v) is 8.10. The van der Waals surface area contributed by atoms with Crippen LogP contribution in [0.2, 0.25) is 0 Å². The van der Waals surface area contributed by atoms with Crippen molar-refractivity contribution in [2.24, 2.45) is 0 Å². The topological polar surface area (TPSA) is 24.9 Å². The molecule has 2 heterocycles. The average Bonchev–Trinajstić information content (AvgIpc) is 2.82. The Morgan fingerprint density at radius 2 is 2.28 bits per heavy atom. The number of hydrogen-bond donors (Lipinski definition) is 1. The molecule has 0 fully saturated rings. The molecular formula is C14H16N2S2. The number of thioether (sulfide) groups is 1. The lowest BCUT2D eigenvalue weighted by atomic mass is 10.0. The zero-order chi connectivity index (χ0) is 12.4. The van der Waals surface area contributed by atoms with Crippen molar-refractivity contribution in [2.75, 3.05) is 5.75 Å². The highest BCUT2D eigenvalue weighted by Gasteiger charge is 2.19. The number of aromatic nitrogens is 1. The van der Waals surface area contributed by atoms with E-state index in [1.807, 2.05) is 18.0 Å². The van der Waals surface area contributed by atoms with Crippen LogP contribution in [0.4, 0.5) is 0 Å². The molecule has 1 aromatic carbocycles. The number of hydrogen-bond acceptors (Lipinski definition) is 4. The number of nitrogens with zero attached hydrogens (tertiary/aromatic N) is 1. The van der Waals surface area contributed by atoms with Crippen LogP contribution in [-0.2, 0) is 12.3 Å². The fourth-order valence-electron chi connectivity index (χ4n) is 2.24. The van der Waals surface area contributed by atoms with E-state index in [2.05, 4.69) is 41.5 Å². The number of aryl methyl sites for hydroxylation is 1. The molecular weight excluding hydrogens is 260 g/mol. The lowest BCUT2D eigenvalue weighted by Gasteiger charge is -2.25. The third-order valence-electron chi connectivity index (χ3n) is 3.14. The quantitative estimate of drug-likeness (QED) is 0.928. The Balaban J connectivity index is 1.71. The number of fused-ring (bicyclic) bond motifs is 1. The Morgan fingerprint density at radius 1 is 1.39 bits per heavy atom. The van der Waals surface area contributed by atoms with Crippen LogP contribution in [0.1, 0.15) is 27.1 Å². The van der Waals surface area contributed by atoms with Gasteiger partial charge in [0.15, 0.2) is 0 Å². The monoisotopic (exact) mass is 276 g/mol. The number of thiazole rings is 1. The van der Waals surface area contributed by atoms with Crippen molar-refractivity contribution >= 4 is 23.1 Å². The van der Waals surface area contributed by atoms with E-state index in [-0.39, 0.29) is 0 Å². The van der Waals surface area contributed by atoms with Gasteiger partial charge in [-0.3, -0.25) is 0 Å². The van der Waals surface area contributed by atoms with Gasteiger partial charge >= 0.3 is 0 Å². The number of nitrogens with one attached hydrogen (secondary N) is 1. The second-order valence-corrected chi connectivity index (χ2v) is 6.86. The summed E-state index contributed by atoms with van der Waals surface area (Å²) in [4.78, 5) is 5.69. The van der Waals surface area contributed by atoms with E-state index in [9.17, 15) is 0 Å². The molecule has 1 aromatic heterocycles. The highest BCUT2D eigenvalue weighted by atomic mass is 32.2. The van der Waals surface area contributed by atoms with Crippen molar-refractivity contribution in [1.82, 2.24) is 10.3 Å². The molecule has 3 rings (SSSR count). The van der Waals surface area contributed by atoms with Gasteiger partial charge in [-0.1, -0.05) is 24.3 Å². The second kappa shape index (κ2) is 5.43. The van der Waals surface area contributed by atoms with Gasteiger partial charge in [0.05, 0.1) is 0 Å². The van der Waals surface area contributed by atoms with Gasteiger partial charge in [0, 0.05) is 35.2 Å². The molecule has 2 nitrogen and oxygen atoms in total. The molecule has 0 radical (unpaired) electrons. The Kier molecular flexibility index (Phi) is 3.68. The van der Waals surface area contributed by atoms with E-state index in [0.29, 0.717) is 6.04 Å². The Bertz CT molecular complexity index is 536. The first-order valence-electron chi connectivity index (χ1n) is 6.13. The molecule has 1 atom stereocenters. The average molecular weight is 276 g/mol. The predicted molar refractivity (Wildman–Crippen MR) is 79.0 cm³/mol. The molecule has 1 aliphatic rings. The molecule has 94 valence electrons. The highest BCUT2D eigenvalue weighted by molar-refractivity contribution is 7.98. The van der Waals surface area contributed by atoms with Crippen molar-refractivity contribution in [2.45, 2.75) is 25.3 Å². The van der Waals surface area contributed by atoms with E-state index >= 15 is 0 Å². The maximum atomic E-state index is 4.41. The molecule has 0 aliphatic carbocycles. The van der Waals surface area contributed by atoms with Gasteiger partial charge in [-0.2, -0.15) is 11.8 Å². The number of benzene rings is 1. The molecule has 1 unspecified atom stereocenters. The first kappa shape index (κ1) is 12.2. The summed E-state index contributed by atoms with van der Waals surface area (Å²) in [6.45, 7) is 2.98. The summed E-state index contributed by atoms with van der Waals surface area (Å²) >= 11 is 3.78. The van der Waals surface area contributed by atoms with Gasteiger partial charge in [-0.05, 0) is 18.1 Å². The smallest absolute Gasteiger partial charge is 0.107 e. The van der Waals surface area contributed by atoms with Crippen LogP contribution in [0, 0.1) is 6.92 Å². The van der Waals surface area contributed by atoms with Crippen molar-refractivity contribution < 1.29 is 0 Å². The first-order chi connectivity index (χ1) is 8.83. The summed E-state index contributed by atoms with van der Waals surface area (Å²) in [5, 5.41) is 4.82. The van der Waals surface area contributed by atoms with Gasteiger partial charge < -0.3 is 5.32 Å². The summed E-state index contributed by atoms with van der Waals surface area (Å²) < 4.78 is 0. The Labute approximate surface area is 116 Å². The third kappa shape index (κ3) is 2.60. The second-order valence-electron chi connectivity index (χ2n) is 4.51. The van der Waals surface area contributed by atoms with Crippen LogP contribution in [0.25, 0.3) is 0 Å². The van der Waals surface area contributed by atoms with E-state index in [1.165, 1.54) is 21.0 Å². The van der Waals surface area contributed by atoms with Crippen molar-refractivity contribution in [3.63, 3.8) is 0 Å². The van der Waals surface area contributed by atoms with Gasteiger partial charge in [0.1, 0.15) is 5.01 Å². The standard InChI is InChI=1S/C14H16N2S2/c1-10-6-16-14(18-10)7-15-13-9-17-8-11-4-2-3-5-12(11)13/h2-6,13,15H,7-9H2,1H3. The van der Waals surface area contributed by atoms with Gasteiger partial charge in [0.2, 0.25) is 0 Å². The number of rotatable bonds is 3. The minimum atomic E-state index is 0.462. The van der Waals surface area contributed by atoms with E-state index in [1.54, 1.807) is 11.3 Å². The van der Waals surface area contributed by atoms with Gasteiger partial charge in [-0.15, -0.1) is 11.3 Å². The maximum Gasteiger partial charge on any atom is 0.107 e. The lowest BCUT2D eigenvalue weighted by molar-refractivity contribution is 0.573. The summed E-state index contributed by atoms with van der Waals surface area (Å²) in [5.74, 6) is 2.30. The highest BCUT2D eigenvalue weighted by Crippen LogP contribution is 2.31. The maximum absolute atomic E-state index is 4.41. The normalized spacial score (nSPS) is 18.6. The van der Waals surface area contributed by atoms with E-state index in [0.717, 1.165) is 18.1 Å². The van der Waals surface area contributed by atoms with E-state index < -0.39 is 0 Å². The summed E-state index contributed by atoms with van der Waals surface area (Å²) in [7, 11) is 0. The van der Waals surface area contributed by atoms with Crippen LogP contribution in [-0.4, -0.2) is 10.7 Å². The molecule has 0 spiro atoms.